The number of anilines is 4. The summed E-state index contributed by atoms with van der Waals surface area (Å²) in [7, 11) is -1.51. The molecule has 0 aliphatic rings. The molecule has 0 unspecified atom stereocenters. The van der Waals surface area contributed by atoms with Gasteiger partial charge in [-0.2, -0.15) is 10.1 Å². The number of aromatic amines is 1. The van der Waals surface area contributed by atoms with Crippen molar-refractivity contribution in [3.63, 3.8) is 0 Å². The second-order valence-electron chi connectivity index (χ2n) is 8.14. The summed E-state index contributed by atoms with van der Waals surface area (Å²) in [5.74, 6) is -0.337. The summed E-state index contributed by atoms with van der Waals surface area (Å²) in [6, 6.07) is 12.7. The molecule has 2 heterocycles. The van der Waals surface area contributed by atoms with Crippen molar-refractivity contribution in [2.45, 2.75) is 31.8 Å². The zero-order chi connectivity index (χ0) is 23.8. The van der Waals surface area contributed by atoms with Gasteiger partial charge in [0.2, 0.25) is 5.95 Å². The summed E-state index contributed by atoms with van der Waals surface area (Å²) >= 11 is 0. The monoisotopic (exact) mass is 468 g/mol. The number of hydrogen-bond donors (Lipinski definition) is 2. The smallest absolute Gasteiger partial charge is 0.229 e. The standard InChI is InChI=1S/C23H25FN6O2S/c1-14(2)33(31,32)13-16-6-5-7-17(10-16)26-23-25-12-20(24)22(27-23)30(4)18-8-9-19-15(3)28-29-21(19)11-18/h5-12,14H,13H2,1-4H3,(H,28,29)(H,25,26,27). The highest BCUT2D eigenvalue weighted by Gasteiger charge is 2.18. The molecule has 0 saturated heterocycles. The molecule has 0 saturated carbocycles. The average Bonchev–Trinajstić information content (AvgIpc) is 3.14. The van der Waals surface area contributed by atoms with E-state index < -0.39 is 20.9 Å². The summed E-state index contributed by atoms with van der Waals surface area (Å²) in [6.07, 6.45) is 1.10. The first-order valence-electron chi connectivity index (χ1n) is 10.4. The van der Waals surface area contributed by atoms with Crippen LogP contribution in [0.1, 0.15) is 25.1 Å². The second kappa shape index (κ2) is 8.78. The molecule has 10 heteroatoms. The van der Waals surface area contributed by atoms with Gasteiger partial charge in [-0.1, -0.05) is 12.1 Å². The predicted molar refractivity (Wildman–Crippen MR) is 128 cm³/mol. The van der Waals surface area contributed by atoms with Crippen molar-refractivity contribution in [3.8, 4) is 0 Å². The summed E-state index contributed by atoms with van der Waals surface area (Å²) in [6.45, 7) is 5.23. The molecule has 33 heavy (non-hydrogen) atoms. The highest BCUT2D eigenvalue weighted by molar-refractivity contribution is 7.91. The SMILES string of the molecule is Cc1n[nH]c2cc(N(C)c3nc(Nc4cccc(CS(=O)(=O)C(C)C)c4)ncc3F)ccc12. The van der Waals surface area contributed by atoms with Gasteiger partial charge in [-0.05, 0) is 56.7 Å². The Balaban J connectivity index is 1.59. The Labute approximate surface area is 191 Å². The van der Waals surface area contributed by atoms with Crippen molar-refractivity contribution < 1.29 is 12.8 Å². The first-order valence-corrected chi connectivity index (χ1v) is 12.1. The van der Waals surface area contributed by atoms with Crippen LogP contribution in [0, 0.1) is 12.7 Å². The van der Waals surface area contributed by atoms with Crippen LogP contribution in [0.2, 0.25) is 0 Å². The molecular formula is C23H25FN6O2S. The van der Waals surface area contributed by atoms with Crippen LogP contribution in [0.3, 0.4) is 0 Å². The molecule has 0 fully saturated rings. The predicted octanol–water partition coefficient (Wildman–Crippen LogP) is 4.64. The van der Waals surface area contributed by atoms with E-state index >= 15 is 0 Å². The maximum absolute atomic E-state index is 14.6. The molecular weight excluding hydrogens is 443 g/mol. The summed E-state index contributed by atoms with van der Waals surface area (Å²) in [4.78, 5) is 10.0. The number of benzene rings is 2. The molecule has 0 aliphatic carbocycles. The van der Waals surface area contributed by atoms with E-state index in [0.717, 1.165) is 28.5 Å². The van der Waals surface area contributed by atoms with E-state index in [1.807, 2.05) is 25.1 Å². The zero-order valence-electron chi connectivity index (χ0n) is 18.8. The number of fused-ring (bicyclic) bond motifs is 1. The van der Waals surface area contributed by atoms with Gasteiger partial charge in [0.1, 0.15) is 0 Å². The Morgan fingerprint density at radius 2 is 1.97 bits per heavy atom. The molecule has 172 valence electrons. The van der Waals surface area contributed by atoms with Crippen molar-refractivity contribution in [3.05, 3.63) is 65.7 Å². The van der Waals surface area contributed by atoms with Crippen molar-refractivity contribution in [1.82, 2.24) is 20.2 Å². The number of aryl methyl sites for hydroxylation is 1. The van der Waals surface area contributed by atoms with E-state index in [-0.39, 0.29) is 17.5 Å². The van der Waals surface area contributed by atoms with Crippen LogP contribution in [-0.2, 0) is 15.6 Å². The lowest BCUT2D eigenvalue weighted by Gasteiger charge is -2.19. The maximum Gasteiger partial charge on any atom is 0.229 e. The number of halogens is 1. The topological polar surface area (TPSA) is 104 Å². The van der Waals surface area contributed by atoms with Gasteiger partial charge in [0.25, 0.3) is 0 Å². The summed E-state index contributed by atoms with van der Waals surface area (Å²) in [5, 5.41) is 10.7. The van der Waals surface area contributed by atoms with Crippen LogP contribution < -0.4 is 10.2 Å². The average molecular weight is 469 g/mol. The van der Waals surface area contributed by atoms with Crippen molar-refractivity contribution >= 4 is 43.9 Å². The van der Waals surface area contributed by atoms with E-state index in [1.165, 1.54) is 0 Å². The molecule has 0 spiro atoms. The highest BCUT2D eigenvalue weighted by atomic mass is 32.2. The molecule has 2 aromatic carbocycles. The third-order valence-corrected chi connectivity index (χ3v) is 7.61. The van der Waals surface area contributed by atoms with Gasteiger partial charge in [0.05, 0.1) is 28.4 Å². The van der Waals surface area contributed by atoms with Gasteiger partial charge < -0.3 is 10.2 Å². The zero-order valence-corrected chi connectivity index (χ0v) is 19.6. The van der Waals surface area contributed by atoms with Crippen molar-refractivity contribution in [1.29, 1.82) is 0 Å². The lowest BCUT2D eigenvalue weighted by Crippen LogP contribution is -2.16. The minimum Gasteiger partial charge on any atom is -0.327 e. The third kappa shape index (κ3) is 4.80. The number of aromatic nitrogens is 4. The van der Waals surface area contributed by atoms with Gasteiger partial charge in [0.15, 0.2) is 21.5 Å². The lowest BCUT2D eigenvalue weighted by molar-refractivity contribution is 0.586. The Kier molecular flexibility index (Phi) is 6.03. The molecule has 0 aliphatic heterocycles. The fourth-order valence-corrected chi connectivity index (χ4v) is 4.37. The van der Waals surface area contributed by atoms with E-state index in [0.29, 0.717) is 11.3 Å². The van der Waals surface area contributed by atoms with E-state index in [2.05, 4.69) is 25.5 Å². The van der Waals surface area contributed by atoms with Crippen LogP contribution in [0.15, 0.2) is 48.7 Å². The third-order valence-electron chi connectivity index (χ3n) is 5.44. The van der Waals surface area contributed by atoms with Crippen molar-refractivity contribution in [2.75, 3.05) is 17.3 Å². The molecule has 4 aromatic rings. The minimum absolute atomic E-state index is 0.0615. The van der Waals surface area contributed by atoms with Gasteiger partial charge >= 0.3 is 0 Å². The number of hydrogen-bond acceptors (Lipinski definition) is 7. The quantitative estimate of drug-likeness (QED) is 0.407. The van der Waals surface area contributed by atoms with Gasteiger partial charge in [-0.15, -0.1) is 0 Å². The number of sulfone groups is 1. The molecule has 2 N–H and O–H groups in total. The molecule has 2 aromatic heterocycles. The Morgan fingerprint density at radius 1 is 1.18 bits per heavy atom. The van der Waals surface area contributed by atoms with E-state index in [1.54, 1.807) is 50.1 Å². The largest absolute Gasteiger partial charge is 0.327 e. The number of H-pyrrole nitrogens is 1. The fourth-order valence-electron chi connectivity index (χ4n) is 3.40. The molecule has 4 rings (SSSR count). The summed E-state index contributed by atoms with van der Waals surface area (Å²) < 4.78 is 39.1. The molecule has 0 atom stereocenters. The first kappa shape index (κ1) is 22.7. The maximum atomic E-state index is 14.6. The van der Waals surface area contributed by atoms with Gasteiger partial charge in [-0.3, -0.25) is 5.10 Å². The number of nitrogens with zero attached hydrogens (tertiary/aromatic N) is 4. The number of nitrogens with one attached hydrogen (secondary N) is 2. The Hall–Kier alpha value is -3.53. The van der Waals surface area contributed by atoms with E-state index in [4.69, 9.17) is 0 Å². The van der Waals surface area contributed by atoms with Crippen LogP contribution in [0.4, 0.5) is 27.5 Å². The van der Waals surface area contributed by atoms with E-state index in [9.17, 15) is 12.8 Å². The second-order valence-corrected chi connectivity index (χ2v) is 10.7. The first-order chi connectivity index (χ1) is 15.6. The number of rotatable bonds is 7. The molecule has 0 amide bonds. The fraction of sp³-hybridized carbons (Fsp3) is 0.261. The molecule has 0 bridgehead atoms. The minimum atomic E-state index is -3.23. The van der Waals surface area contributed by atoms with Crippen molar-refractivity contribution in [2.24, 2.45) is 0 Å². The van der Waals surface area contributed by atoms with Crippen LogP contribution in [0.25, 0.3) is 10.9 Å². The lowest BCUT2D eigenvalue weighted by atomic mass is 10.2. The van der Waals surface area contributed by atoms with Crippen LogP contribution in [-0.4, -0.2) is 40.9 Å². The van der Waals surface area contributed by atoms with Gasteiger partial charge in [-0.25, -0.2) is 17.8 Å². The van der Waals surface area contributed by atoms with Crippen LogP contribution in [0.5, 0.6) is 0 Å². The normalized spacial score (nSPS) is 11.8. The molecule has 0 radical (unpaired) electrons. The Bertz CT molecular complexity index is 1420. The van der Waals surface area contributed by atoms with Crippen LogP contribution >= 0.6 is 0 Å². The Morgan fingerprint density at radius 3 is 2.73 bits per heavy atom. The molecule has 8 nitrogen and oxygen atoms in total. The highest BCUT2D eigenvalue weighted by Crippen LogP contribution is 2.29. The van der Waals surface area contributed by atoms with Gasteiger partial charge in [0, 0.05) is 23.8 Å². The summed E-state index contributed by atoms with van der Waals surface area (Å²) in [5.41, 5.74) is 3.73.